The molecule has 4 rings (SSSR count). The summed E-state index contributed by atoms with van der Waals surface area (Å²) in [5.41, 5.74) is 1.30. The van der Waals surface area contributed by atoms with E-state index >= 15 is 0 Å². The highest BCUT2D eigenvalue weighted by Crippen LogP contribution is 2.22. The van der Waals surface area contributed by atoms with Gasteiger partial charge in [-0.3, -0.25) is 4.79 Å². The fourth-order valence-corrected chi connectivity index (χ4v) is 5.12. The average molecular weight is 475 g/mol. The summed E-state index contributed by atoms with van der Waals surface area (Å²) in [4.78, 5) is 16.8. The van der Waals surface area contributed by atoms with Gasteiger partial charge in [0.15, 0.2) is 0 Å². The molecule has 0 radical (unpaired) electrons. The summed E-state index contributed by atoms with van der Waals surface area (Å²) >= 11 is 5.88. The first-order chi connectivity index (χ1) is 15.4. The van der Waals surface area contributed by atoms with Crippen LogP contribution in [-0.2, 0) is 21.2 Å². The van der Waals surface area contributed by atoms with E-state index < -0.39 is 10.0 Å². The summed E-state index contributed by atoms with van der Waals surface area (Å²) in [5.74, 6) is 0.554. The van der Waals surface area contributed by atoms with E-state index in [2.05, 4.69) is 15.5 Å². The number of benzene rings is 2. The Kier molecular flexibility index (Phi) is 6.88. The van der Waals surface area contributed by atoms with Gasteiger partial charge in [0.1, 0.15) is 0 Å². The van der Waals surface area contributed by atoms with Crippen LogP contribution in [0.1, 0.15) is 31.6 Å². The maximum Gasteiger partial charge on any atom is 0.243 e. The molecule has 1 saturated heterocycles. The number of aryl methyl sites for hydroxylation is 1. The van der Waals surface area contributed by atoms with Crippen molar-refractivity contribution in [1.29, 1.82) is 0 Å². The van der Waals surface area contributed by atoms with Gasteiger partial charge >= 0.3 is 0 Å². The predicted octanol–water partition coefficient (Wildman–Crippen LogP) is 4.14. The minimum absolute atomic E-state index is 0.149. The maximum absolute atomic E-state index is 12.7. The number of piperidine rings is 1. The topological polar surface area (TPSA) is 105 Å². The summed E-state index contributed by atoms with van der Waals surface area (Å²) in [6, 6.07) is 13.3. The summed E-state index contributed by atoms with van der Waals surface area (Å²) in [6.45, 7) is 1.10. The van der Waals surface area contributed by atoms with E-state index in [9.17, 15) is 13.2 Å². The van der Waals surface area contributed by atoms with Crippen molar-refractivity contribution in [1.82, 2.24) is 14.4 Å². The monoisotopic (exact) mass is 474 g/mol. The number of carbonyl (C=O) groups excluding carboxylic acids is 1. The van der Waals surface area contributed by atoms with Gasteiger partial charge in [0.05, 0.1) is 4.90 Å². The van der Waals surface area contributed by atoms with Gasteiger partial charge in [-0.05, 0) is 61.4 Å². The number of rotatable bonds is 7. The van der Waals surface area contributed by atoms with Crippen molar-refractivity contribution in [2.75, 3.05) is 18.4 Å². The van der Waals surface area contributed by atoms with Crippen molar-refractivity contribution in [3.8, 4) is 11.4 Å². The SMILES string of the molecule is O=C(CCc1nc(-c2ccc(Cl)cc2)no1)Nc1ccc(S(=O)(=O)N2CCCCC2)cc1. The first-order valence-electron chi connectivity index (χ1n) is 10.4. The Labute approximate surface area is 191 Å². The molecule has 0 bridgehead atoms. The highest BCUT2D eigenvalue weighted by Gasteiger charge is 2.25. The molecule has 10 heteroatoms. The third kappa shape index (κ3) is 5.35. The molecule has 2 aromatic carbocycles. The van der Waals surface area contributed by atoms with Crippen LogP contribution in [0.25, 0.3) is 11.4 Å². The second kappa shape index (κ2) is 9.81. The van der Waals surface area contributed by atoms with Gasteiger partial charge in [-0.15, -0.1) is 0 Å². The van der Waals surface area contributed by atoms with Crippen molar-refractivity contribution in [2.24, 2.45) is 0 Å². The molecule has 2 heterocycles. The van der Waals surface area contributed by atoms with Crippen LogP contribution < -0.4 is 5.32 Å². The first-order valence-corrected chi connectivity index (χ1v) is 12.2. The van der Waals surface area contributed by atoms with Crippen LogP contribution in [0.15, 0.2) is 57.9 Å². The quantitative estimate of drug-likeness (QED) is 0.551. The zero-order valence-corrected chi connectivity index (χ0v) is 18.9. The molecule has 1 N–H and O–H groups in total. The van der Waals surface area contributed by atoms with Gasteiger partial charge in [0, 0.05) is 42.2 Å². The van der Waals surface area contributed by atoms with Gasteiger partial charge in [-0.1, -0.05) is 23.2 Å². The van der Waals surface area contributed by atoms with E-state index in [1.165, 1.54) is 16.4 Å². The molecule has 8 nitrogen and oxygen atoms in total. The molecule has 0 aliphatic carbocycles. The summed E-state index contributed by atoms with van der Waals surface area (Å²) < 4.78 is 32.2. The summed E-state index contributed by atoms with van der Waals surface area (Å²) in [6.07, 6.45) is 3.26. The van der Waals surface area contributed by atoms with Gasteiger partial charge in [0.2, 0.25) is 27.6 Å². The molecular weight excluding hydrogens is 452 g/mol. The number of halogens is 1. The predicted molar refractivity (Wildman–Crippen MR) is 121 cm³/mol. The number of carbonyl (C=O) groups is 1. The molecule has 1 fully saturated rings. The van der Waals surface area contributed by atoms with Gasteiger partial charge in [-0.25, -0.2) is 8.42 Å². The molecule has 1 aliphatic rings. The largest absolute Gasteiger partial charge is 0.339 e. The second-order valence-corrected chi connectivity index (χ2v) is 9.93. The minimum Gasteiger partial charge on any atom is -0.339 e. The molecule has 0 unspecified atom stereocenters. The van der Waals surface area contributed by atoms with E-state index in [1.54, 1.807) is 36.4 Å². The Balaban J connectivity index is 1.31. The van der Waals surface area contributed by atoms with E-state index in [0.717, 1.165) is 24.8 Å². The Morgan fingerprint density at radius 3 is 2.41 bits per heavy atom. The Morgan fingerprint density at radius 1 is 1.03 bits per heavy atom. The highest BCUT2D eigenvalue weighted by molar-refractivity contribution is 7.89. The standard InChI is InChI=1S/C22H23ClN4O4S/c23-17-6-4-16(5-7-17)22-25-21(31-26-22)13-12-20(28)24-18-8-10-19(11-9-18)32(29,30)27-14-2-1-3-15-27/h4-11H,1-3,12-15H2,(H,24,28). The van der Waals surface area contributed by atoms with Crippen LogP contribution >= 0.6 is 11.6 Å². The smallest absolute Gasteiger partial charge is 0.243 e. The Morgan fingerprint density at radius 2 is 1.72 bits per heavy atom. The number of nitrogens with one attached hydrogen (secondary N) is 1. The fraction of sp³-hybridized carbons (Fsp3) is 0.318. The van der Waals surface area contributed by atoms with E-state index in [0.29, 0.717) is 35.5 Å². The van der Waals surface area contributed by atoms with Gasteiger partial charge in [0.25, 0.3) is 0 Å². The van der Waals surface area contributed by atoms with Gasteiger partial charge < -0.3 is 9.84 Å². The molecule has 0 saturated carbocycles. The fourth-order valence-electron chi connectivity index (χ4n) is 3.48. The van der Waals surface area contributed by atoms with Crippen molar-refractivity contribution in [3.05, 3.63) is 59.4 Å². The lowest BCUT2D eigenvalue weighted by Crippen LogP contribution is -2.35. The van der Waals surface area contributed by atoms with E-state index in [4.69, 9.17) is 16.1 Å². The lowest BCUT2D eigenvalue weighted by molar-refractivity contribution is -0.116. The van der Waals surface area contributed by atoms with Crippen LogP contribution in [0.4, 0.5) is 5.69 Å². The van der Waals surface area contributed by atoms with Crippen molar-refractivity contribution in [2.45, 2.75) is 37.0 Å². The van der Waals surface area contributed by atoms with Crippen LogP contribution in [0.5, 0.6) is 0 Å². The van der Waals surface area contributed by atoms with Crippen molar-refractivity contribution < 1.29 is 17.7 Å². The third-order valence-electron chi connectivity index (χ3n) is 5.23. The number of hydrogen-bond donors (Lipinski definition) is 1. The molecule has 1 amide bonds. The van der Waals surface area contributed by atoms with Crippen LogP contribution in [0.2, 0.25) is 5.02 Å². The molecular formula is C22H23ClN4O4S. The molecule has 168 valence electrons. The molecule has 32 heavy (non-hydrogen) atoms. The minimum atomic E-state index is -3.49. The zero-order chi connectivity index (χ0) is 22.6. The van der Waals surface area contributed by atoms with Crippen LogP contribution in [-0.4, -0.2) is 41.9 Å². The maximum atomic E-state index is 12.7. The zero-order valence-electron chi connectivity index (χ0n) is 17.3. The molecule has 1 aliphatic heterocycles. The van der Waals surface area contributed by atoms with Gasteiger partial charge in [-0.2, -0.15) is 9.29 Å². The summed E-state index contributed by atoms with van der Waals surface area (Å²) in [7, 11) is -3.49. The van der Waals surface area contributed by atoms with Crippen molar-refractivity contribution in [3.63, 3.8) is 0 Å². The number of nitrogens with zero attached hydrogens (tertiary/aromatic N) is 3. The van der Waals surface area contributed by atoms with E-state index in [-0.39, 0.29) is 23.6 Å². The normalized spacial score (nSPS) is 14.9. The number of amides is 1. The number of sulfonamides is 1. The lowest BCUT2D eigenvalue weighted by Gasteiger charge is -2.25. The first kappa shape index (κ1) is 22.4. The second-order valence-electron chi connectivity index (χ2n) is 7.56. The number of anilines is 1. The number of aromatic nitrogens is 2. The third-order valence-corrected chi connectivity index (χ3v) is 7.39. The lowest BCUT2D eigenvalue weighted by atomic mass is 10.2. The number of hydrogen-bond acceptors (Lipinski definition) is 6. The Bertz CT molecular complexity index is 1170. The Hall–Kier alpha value is -2.75. The van der Waals surface area contributed by atoms with E-state index in [1.807, 2.05) is 0 Å². The molecule has 1 aromatic heterocycles. The molecule has 3 aromatic rings. The van der Waals surface area contributed by atoms with Crippen LogP contribution in [0, 0.1) is 0 Å². The molecule has 0 spiro atoms. The van der Waals surface area contributed by atoms with Crippen LogP contribution in [0.3, 0.4) is 0 Å². The van der Waals surface area contributed by atoms with Crippen molar-refractivity contribution >= 4 is 33.2 Å². The summed E-state index contributed by atoms with van der Waals surface area (Å²) in [5, 5.41) is 7.31. The molecule has 0 atom stereocenters. The highest BCUT2D eigenvalue weighted by atomic mass is 35.5. The average Bonchev–Trinajstić information content (AvgIpc) is 3.28.